The maximum Gasteiger partial charge on any atom is 0.239 e. The van der Waals surface area contributed by atoms with Crippen molar-refractivity contribution in [3.05, 3.63) is 30.1 Å². The van der Waals surface area contributed by atoms with Crippen molar-refractivity contribution in [2.75, 3.05) is 18.0 Å². The molecule has 1 saturated heterocycles. The van der Waals surface area contributed by atoms with Gasteiger partial charge in [-0.1, -0.05) is 13.3 Å². The zero-order chi connectivity index (χ0) is 14.5. The van der Waals surface area contributed by atoms with Gasteiger partial charge in [-0.25, -0.2) is 4.39 Å². The van der Waals surface area contributed by atoms with Crippen molar-refractivity contribution in [2.24, 2.45) is 5.92 Å². The SMILES string of the molecule is CCCCNC(=O)[C@@H]1CCN(c2ccc(F)cc2)C1=O. The maximum absolute atomic E-state index is 12.9. The Balaban J connectivity index is 1.98. The molecule has 1 atom stereocenters. The minimum atomic E-state index is -0.614. The Morgan fingerprint density at radius 3 is 2.75 bits per heavy atom. The molecule has 1 aromatic rings. The van der Waals surface area contributed by atoms with Crippen LogP contribution in [-0.2, 0) is 9.59 Å². The maximum atomic E-state index is 12.9. The number of hydrogen-bond acceptors (Lipinski definition) is 2. The Bertz CT molecular complexity index is 487. The number of unbranched alkanes of at least 4 members (excludes halogenated alkanes) is 1. The van der Waals surface area contributed by atoms with Crippen LogP contribution in [0.4, 0.5) is 10.1 Å². The summed E-state index contributed by atoms with van der Waals surface area (Å²) in [6.45, 7) is 3.15. The molecule has 1 heterocycles. The molecular formula is C15H19FN2O2. The normalized spacial score (nSPS) is 18.4. The van der Waals surface area contributed by atoms with E-state index in [0.717, 1.165) is 12.8 Å². The molecule has 1 N–H and O–H groups in total. The van der Waals surface area contributed by atoms with Gasteiger partial charge in [0.1, 0.15) is 11.7 Å². The van der Waals surface area contributed by atoms with Crippen LogP contribution < -0.4 is 10.2 Å². The predicted octanol–water partition coefficient (Wildman–Crippen LogP) is 2.09. The molecule has 20 heavy (non-hydrogen) atoms. The first kappa shape index (κ1) is 14.5. The number of halogens is 1. The summed E-state index contributed by atoms with van der Waals surface area (Å²) >= 11 is 0. The molecule has 2 rings (SSSR count). The lowest BCUT2D eigenvalue weighted by atomic mass is 10.1. The van der Waals surface area contributed by atoms with Crippen molar-refractivity contribution in [1.29, 1.82) is 0 Å². The molecule has 1 aliphatic heterocycles. The monoisotopic (exact) mass is 278 g/mol. The van der Waals surface area contributed by atoms with Gasteiger partial charge in [-0.05, 0) is 37.1 Å². The zero-order valence-electron chi connectivity index (χ0n) is 11.6. The number of hydrogen-bond donors (Lipinski definition) is 1. The van der Waals surface area contributed by atoms with E-state index in [9.17, 15) is 14.0 Å². The van der Waals surface area contributed by atoms with Crippen molar-refractivity contribution in [2.45, 2.75) is 26.2 Å². The van der Waals surface area contributed by atoms with Gasteiger partial charge in [-0.15, -0.1) is 0 Å². The van der Waals surface area contributed by atoms with Gasteiger partial charge in [0.2, 0.25) is 11.8 Å². The quantitative estimate of drug-likeness (QED) is 0.662. The molecule has 1 fully saturated rings. The third-order valence-electron chi connectivity index (χ3n) is 3.49. The third kappa shape index (κ3) is 3.15. The lowest BCUT2D eigenvalue weighted by molar-refractivity contribution is -0.132. The molecular weight excluding hydrogens is 259 g/mol. The Morgan fingerprint density at radius 1 is 1.40 bits per heavy atom. The van der Waals surface area contributed by atoms with Gasteiger partial charge in [0.05, 0.1) is 0 Å². The first-order valence-corrected chi connectivity index (χ1v) is 6.98. The predicted molar refractivity (Wildman–Crippen MR) is 74.8 cm³/mol. The van der Waals surface area contributed by atoms with E-state index in [2.05, 4.69) is 5.32 Å². The van der Waals surface area contributed by atoms with Crippen LogP contribution in [0.15, 0.2) is 24.3 Å². The Labute approximate surface area is 118 Å². The summed E-state index contributed by atoms with van der Waals surface area (Å²) < 4.78 is 12.9. The molecule has 1 aromatic carbocycles. The molecule has 5 heteroatoms. The van der Waals surface area contributed by atoms with E-state index >= 15 is 0 Å². The lowest BCUT2D eigenvalue weighted by Crippen LogP contribution is -2.37. The van der Waals surface area contributed by atoms with E-state index in [-0.39, 0.29) is 17.6 Å². The van der Waals surface area contributed by atoms with Crippen LogP contribution >= 0.6 is 0 Å². The van der Waals surface area contributed by atoms with E-state index in [1.54, 1.807) is 17.0 Å². The highest BCUT2D eigenvalue weighted by atomic mass is 19.1. The summed E-state index contributed by atoms with van der Waals surface area (Å²) in [5.74, 6) is -1.36. The van der Waals surface area contributed by atoms with Crippen LogP contribution in [0.5, 0.6) is 0 Å². The van der Waals surface area contributed by atoms with Gasteiger partial charge in [-0.2, -0.15) is 0 Å². The fraction of sp³-hybridized carbons (Fsp3) is 0.467. The lowest BCUT2D eigenvalue weighted by Gasteiger charge is -2.16. The summed E-state index contributed by atoms with van der Waals surface area (Å²) in [5.41, 5.74) is 0.639. The van der Waals surface area contributed by atoms with Crippen molar-refractivity contribution in [3.63, 3.8) is 0 Å². The first-order chi connectivity index (χ1) is 9.63. The fourth-order valence-corrected chi connectivity index (χ4v) is 2.31. The van der Waals surface area contributed by atoms with Crippen LogP contribution in [0, 0.1) is 11.7 Å². The van der Waals surface area contributed by atoms with Crippen molar-refractivity contribution < 1.29 is 14.0 Å². The number of rotatable bonds is 5. The third-order valence-corrected chi connectivity index (χ3v) is 3.49. The van der Waals surface area contributed by atoms with Crippen LogP contribution in [0.1, 0.15) is 26.2 Å². The van der Waals surface area contributed by atoms with Gasteiger partial charge in [0.25, 0.3) is 0 Å². The molecule has 2 amide bonds. The molecule has 0 unspecified atom stereocenters. The highest BCUT2D eigenvalue weighted by molar-refractivity contribution is 6.09. The van der Waals surface area contributed by atoms with Gasteiger partial charge in [0, 0.05) is 18.8 Å². The first-order valence-electron chi connectivity index (χ1n) is 6.98. The number of carbonyl (C=O) groups is 2. The zero-order valence-corrected chi connectivity index (χ0v) is 11.6. The average Bonchev–Trinajstić information content (AvgIpc) is 2.82. The van der Waals surface area contributed by atoms with E-state index in [1.807, 2.05) is 6.92 Å². The van der Waals surface area contributed by atoms with Crippen LogP contribution in [0.25, 0.3) is 0 Å². The minimum Gasteiger partial charge on any atom is -0.355 e. The summed E-state index contributed by atoms with van der Waals surface area (Å²) in [7, 11) is 0. The number of nitrogens with one attached hydrogen (secondary N) is 1. The molecule has 0 radical (unpaired) electrons. The summed E-state index contributed by atoms with van der Waals surface area (Å²) in [5, 5.41) is 2.79. The van der Waals surface area contributed by atoms with Crippen molar-refractivity contribution >= 4 is 17.5 Å². The van der Waals surface area contributed by atoms with E-state index < -0.39 is 5.92 Å². The molecule has 0 aliphatic carbocycles. The molecule has 0 aromatic heterocycles. The second kappa shape index (κ2) is 6.50. The topological polar surface area (TPSA) is 49.4 Å². The van der Waals surface area contributed by atoms with Crippen LogP contribution in [0.2, 0.25) is 0 Å². The van der Waals surface area contributed by atoms with Gasteiger partial charge < -0.3 is 10.2 Å². The minimum absolute atomic E-state index is 0.201. The number of amides is 2. The van der Waals surface area contributed by atoms with Gasteiger partial charge >= 0.3 is 0 Å². The van der Waals surface area contributed by atoms with E-state index in [4.69, 9.17) is 0 Å². The van der Waals surface area contributed by atoms with Crippen LogP contribution in [0.3, 0.4) is 0 Å². The van der Waals surface area contributed by atoms with E-state index in [1.165, 1.54) is 12.1 Å². The largest absolute Gasteiger partial charge is 0.355 e. The summed E-state index contributed by atoms with van der Waals surface area (Å²) in [6.07, 6.45) is 2.42. The molecule has 0 spiro atoms. The second-order valence-electron chi connectivity index (χ2n) is 4.95. The molecule has 0 bridgehead atoms. The Morgan fingerprint density at radius 2 is 2.10 bits per heavy atom. The Kier molecular flexibility index (Phi) is 4.71. The van der Waals surface area contributed by atoms with E-state index in [0.29, 0.717) is 25.2 Å². The Hall–Kier alpha value is -1.91. The smallest absolute Gasteiger partial charge is 0.239 e. The molecule has 0 saturated carbocycles. The number of carbonyl (C=O) groups excluding carboxylic acids is 2. The van der Waals surface area contributed by atoms with Gasteiger partial charge in [0.15, 0.2) is 0 Å². The standard InChI is InChI=1S/C15H19FN2O2/c1-2-3-9-17-14(19)13-8-10-18(15(13)20)12-6-4-11(16)5-7-12/h4-7,13H,2-3,8-10H2,1H3,(H,17,19)/t13-/m0/s1. The van der Waals surface area contributed by atoms with Crippen LogP contribution in [-0.4, -0.2) is 24.9 Å². The fourth-order valence-electron chi connectivity index (χ4n) is 2.31. The highest BCUT2D eigenvalue weighted by Gasteiger charge is 2.37. The second-order valence-corrected chi connectivity index (χ2v) is 4.95. The number of benzene rings is 1. The van der Waals surface area contributed by atoms with Gasteiger partial charge in [-0.3, -0.25) is 9.59 Å². The molecule has 108 valence electrons. The number of nitrogens with zero attached hydrogens (tertiary/aromatic N) is 1. The van der Waals surface area contributed by atoms with Crippen molar-refractivity contribution in [3.8, 4) is 0 Å². The average molecular weight is 278 g/mol. The summed E-state index contributed by atoms with van der Waals surface area (Å²) in [6, 6.07) is 5.75. The van der Waals surface area contributed by atoms with Crippen molar-refractivity contribution in [1.82, 2.24) is 5.32 Å². The molecule has 4 nitrogen and oxygen atoms in total. The highest BCUT2D eigenvalue weighted by Crippen LogP contribution is 2.25. The molecule has 1 aliphatic rings. The summed E-state index contributed by atoms with van der Waals surface area (Å²) in [4.78, 5) is 25.7. The number of anilines is 1.